The summed E-state index contributed by atoms with van der Waals surface area (Å²) in [7, 11) is 3.62. The molecule has 0 aromatic heterocycles. The van der Waals surface area contributed by atoms with Crippen LogP contribution in [0.3, 0.4) is 0 Å². The van der Waals surface area contributed by atoms with Gasteiger partial charge in [-0.2, -0.15) is 0 Å². The molecule has 110 valence electrons. The molecule has 2 rings (SSSR count). The standard InChI is InChI=1S/C15H22BrN3O/c1-18(2)15(20)11-19-9-7-14(8-10-19)17-13-5-3-12(16)4-6-13/h3-6,14,17H,7-11H2,1-2H3. The molecular weight excluding hydrogens is 318 g/mol. The molecule has 1 aromatic rings. The average Bonchev–Trinajstić information content (AvgIpc) is 2.43. The van der Waals surface area contributed by atoms with E-state index in [9.17, 15) is 4.79 Å². The van der Waals surface area contributed by atoms with Crippen LogP contribution in [0.25, 0.3) is 0 Å². The quantitative estimate of drug-likeness (QED) is 0.914. The Bertz CT molecular complexity index is 439. The predicted molar refractivity (Wildman–Crippen MR) is 85.9 cm³/mol. The highest BCUT2D eigenvalue weighted by atomic mass is 79.9. The number of anilines is 1. The summed E-state index contributed by atoms with van der Waals surface area (Å²) in [6.45, 7) is 2.50. The second kappa shape index (κ2) is 7.09. The molecule has 0 atom stereocenters. The molecule has 1 N–H and O–H groups in total. The Morgan fingerprint density at radius 3 is 2.45 bits per heavy atom. The molecule has 0 spiro atoms. The van der Waals surface area contributed by atoms with Gasteiger partial charge < -0.3 is 10.2 Å². The van der Waals surface area contributed by atoms with Gasteiger partial charge in [-0.1, -0.05) is 15.9 Å². The van der Waals surface area contributed by atoms with Crippen LogP contribution in [0.2, 0.25) is 0 Å². The van der Waals surface area contributed by atoms with Crippen LogP contribution in [0, 0.1) is 0 Å². The van der Waals surface area contributed by atoms with Crippen LogP contribution in [0.15, 0.2) is 28.7 Å². The van der Waals surface area contributed by atoms with Crippen molar-refractivity contribution in [3.05, 3.63) is 28.7 Å². The number of rotatable bonds is 4. The molecule has 0 aliphatic carbocycles. The van der Waals surface area contributed by atoms with Gasteiger partial charge in [-0.3, -0.25) is 9.69 Å². The average molecular weight is 340 g/mol. The summed E-state index contributed by atoms with van der Waals surface area (Å²) >= 11 is 3.44. The van der Waals surface area contributed by atoms with E-state index in [0.29, 0.717) is 12.6 Å². The van der Waals surface area contributed by atoms with Gasteiger partial charge in [0.15, 0.2) is 0 Å². The lowest BCUT2D eigenvalue weighted by Gasteiger charge is -2.32. The minimum atomic E-state index is 0.185. The van der Waals surface area contributed by atoms with Gasteiger partial charge in [-0.05, 0) is 37.1 Å². The van der Waals surface area contributed by atoms with Crippen molar-refractivity contribution >= 4 is 27.5 Å². The Morgan fingerprint density at radius 1 is 1.30 bits per heavy atom. The van der Waals surface area contributed by atoms with E-state index in [-0.39, 0.29) is 5.91 Å². The summed E-state index contributed by atoms with van der Waals surface area (Å²) in [4.78, 5) is 15.6. The maximum Gasteiger partial charge on any atom is 0.236 e. The highest BCUT2D eigenvalue weighted by molar-refractivity contribution is 9.10. The Hall–Kier alpha value is -1.07. The van der Waals surface area contributed by atoms with E-state index in [2.05, 4.69) is 38.3 Å². The molecular formula is C15H22BrN3O. The number of likely N-dealkylation sites (tertiary alicyclic amines) is 1. The lowest BCUT2D eigenvalue weighted by Crippen LogP contribution is -2.43. The molecule has 1 fully saturated rings. The van der Waals surface area contributed by atoms with Gasteiger partial charge in [-0.25, -0.2) is 0 Å². The summed E-state index contributed by atoms with van der Waals surface area (Å²) in [6.07, 6.45) is 2.16. The van der Waals surface area contributed by atoms with Gasteiger partial charge in [0.05, 0.1) is 6.54 Å². The number of nitrogens with zero attached hydrogens (tertiary/aromatic N) is 2. The van der Waals surface area contributed by atoms with E-state index in [1.807, 2.05) is 26.2 Å². The van der Waals surface area contributed by atoms with Crippen LogP contribution in [0.1, 0.15) is 12.8 Å². The molecule has 1 aliphatic rings. The van der Waals surface area contributed by atoms with E-state index >= 15 is 0 Å². The smallest absolute Gasteiger partial charge is 0.236 e. The zero-order valence-electron chi connectivity index (χ0n) is 12.1. The molecule has 1 amide bonds. The first-order chi connectivity index (χ1) is 9.54. The summed E-state index contributed by atoms with van der Waals surface area (Å²) in [5.41, 5.74) is 1.16. The fourth-order valence-corrected chi connectivity index (χ4v) is 2.61. The van der Waals surface area contributed by atoms with Crippen molar-refractivity contribution in [1.82, 2.24) is 9.80 Å². The van der Waals surface area contributed by atoms with Crippen LogP contribution in [0.5, 0.6) is 0 Å². The molecule has 0 bridgehead atoms. The van der Waals surface area contributed by atoms with Crippen molar-refractivity contribution in [2.24, 2.45) is 0 Å². The van der Waals surface area contributed by atoms with Gasteiger partial charge in [0, 0.05) is 43.4 Å². The normalized spacial score (nSPS) is 16.9. The molecule has 5 heteroatoms. The van der Waals surface area contributed by atoms with E-state index < -0.39 is 0 Å². The first kappa shape index (κ1) is 15.3. The lowest BCUT2D eigenvalue weighted by atomic mass is 10.0. The number of piperidine rings is 1. The van der Waals surface area contributed by atoms with E-state index in [1.54, 1.807) is 4.90 Å². The number of nitrogens with one attached hydrogen (secondary N) is 1. The number of halogens is 1. The van der Waals surface area contributed by atoms with E-state index in [1.165, 1.54) is 0 Å². The SMILES string of the molecule is CN(C)C(=O)CN1CCC(Nc2ccc(Br)cc2)CC1. The molecule has 1 aliphatic heterocycles. The minimum absolute atomic E-state index is 0.185. The molecule has 1 aromatic carbocycles. The van der Waals surface area contributed by atoms with Crippen molar-refractivity contribution in [3.63, 3.8) is 0 Å². The van der Waals surface area contributed by atoms with Crippen LogP contribution in [-0.4, -0.2) is 55.5 Å². The van der Waals surface area contributed by atoms with Crippen LogP contribution in [0.4, 0.5) is 5.69 Å². The third-order valence-electron chi connectivity index (χ3n) is 3.66. The van der Waals surface area contributed by atoms with Crippen molar-refractivity contribution in [3.8, 4) is 0 Å². The third kappa shape index (κ3) is 4.49. The zero-order valence-corrected chi connectivity index (χ0v) is 13.7. The number of benzene rings is 1. The number of hydrogen-bond donors (Lipinski definition) is 1. The molecule has 20 heavy (non-hydrogen) atoms. The fourth-order valence-electron chi connectivity index (χ4n) is 2.35. The van der Waals surface area contributed by atoms with Gasteiger partial charge in [0.2, 0.25) is 5.91 Å². The molecule has 0 unspecified atom stereocenters. The number of carbonyl (C=O) groups excluding carboxylic acids is 1. The summed E-state index contributed by atoms with van der Waals surface area (Å²) < 4.78 is 1.10. The number of likely N-dealkylation sites (N-methyl/N-ethyl adjacent to an activating group) is 1. The zero-order chi connectivity index (χ0) is 14.5. The summed E-state index contributed by atoms with van der Waals surface area (Å²) in [5.74, 6) is 0.185. The van der Waals surface area contributed by atoms with Crippen LogP contribution < -0.4 is 5.32 Å². The Balaban J connectivity index is 1.77. The lowest BCUT2D eigenvalue weighted by molar-refractivity contribution is -0.130. The van der Waals surface area contributed by atoms with Gasteiger partial charge in [-0.15, -0.1) is 0 Å². The topological polar surface area (TPSA) is 35.6 Å². The van der Waals surface area contributed by atoms with E-state index in [4.69, 9.17) is 0 Å². The first-order valence-corrected chi connectivity index (χ1v) is 7.78. The number of hydrogen-bond acceptors (Lipinski definition) is 3. The second-order valence-corrected chi connectivity index (χ2v) is 6.41. The number of amides is 1. The largest absolute Gasteiger partial charge is 0.382 e. The van der Waals surface area contributed by atoms with Crippen LogP contribution >= 0.6 is 15.9 Å². The van der Waals surface area contributed by atoms with Gasteiger partial charge in [0.1, 0.15) is 0 Å². The fraction of sp³-hybridized carbons (Fsp3) is 0.533. The maximum atomic E-state index is 11.7. The highest BCUT2D eigenvalue weighted by Crippen LogP contribution is 2.19. The van der Waals surface area contributed by atoms with Crippen molar-refractivity contribution in [2.75, 3.05) is 39.0 Å². The predicted octanol–water partition coefficient (Wildman–Crippen LogP) is 2.41. The molecule has 4 nitrogen and oxygen atoms in total. The number of carbonyl (C=O) groups is 1. The monoisotopic (exact) mass is 339 g/mol. The summed E-state index contributed by atoms with van der Waals surface area (Å²) in [6, 6.07) is 8.78. The van der Waals surface area contributed by atoms with Crippen molar-refractivity contribution in [1.29, 1.82) is 0 Å². The summed E-state index contributed by atoms with van der Waals surface area (Å²) in [5, 5.41) is 3.56. The Labute approximate surface area is 129 Å². The maximum absolute atomic E-state index is 11.7. The van der Waals surface area contributed by atoms with Gasteiger partial charge in [0.25, 0.3) is 0 Å². The van der Waals surface area contributed by atoms with Crippen LogP contribution in [-0.2, 0) is 4.79 Å². The molecule has 1 heterocycles. The van der Waals surface area contributed by atoms with Gasteiger partial charge >= 0.3 is 0 Å². The Kier molecular flexibility index (Phi) is 5.43. The van der Waals surface area contributed by atoms with E-state index in [0.717, 1.165) is 36.1 Å². The van der Waals surface area contributed by atoms with Crippen molar-refractivity contribution < 1.29 is 4.79 Å². The molecule has 1 saturated heterocycles. The second-order valence-electron chi connectivity index (χ2n) is 5.49. The molecule has 0 saturated carbocycles. The molecule has 0 radical (unpaired) electrons. The Morgan fingerprint density at radius 2 is 1.90 bits per heavy atom. The minimum Gasteiger partial charge on any atom is -0.382 e. The third-order valence-corrected chi connectivity index (χ3v) is 4.19. The highest BCUT2D eigenvalue weighted by Gasteiger charge is 2.21. The first-order valence-electron chi connectivity index (χ1n) is 6.99. The van der Waals surface area contributed by atoms with Crippen molar-refractivity contribution in [2.45, 2.75) is 18.9 Å².